The van der Waals surface area contributed by atoms with Crippen LogP contribution in [0.1, 0.15) is 12.8 Å². The Labute approximate surface area is 120 Å². The Morgan fingerprint density at radius 3 is 2.50 bits per heavy atom. The van der Waals surface area contributed by atoms with Gasteiger partial charge in [-0.05, 0) is 25.0 Å². The van der Waals surface area contributed by atoms with Crippen LogP contribution in [0.3, 0.4) is 0 Å². The summed E-state index contributed by atoms with van der Waals surface area (Å²) in [4.78, 5) is 23.7. The fourth-order valence-electron chi connectivity index (χ4n) is 3.10. The molecule has 1 aromatic carbocycles. The van der Waals surface area contributed by atoms with Crippen LogP contribution in [0.4, 0.5) is 5.69 Å². The molecule has 4 atom stereocenters. The van der Waals surface area contributed by atoms with Crippen molar-refractivity contribution in [1.29, 1.82) is 0 Å². The first-order valence-corrected chi connectivity index (χ1v) is 6.89. The second-order valence-corrected chi connectivity index (χ2v) is 5.56. The summed E-state index contributed by atoms with van der Waals surface area (Å²) in [5.41, 5.74) is 0.492. The van der Waals surface area contributed by atoms with Gasteiger partial charge in [-0.2, -0.15) is 0 Å². The number of anilines is 1. The molecule has 20 heavy (non-hydrogen) atoms. The van der Waals surface area contributed by atoms with Gasteiger partial charge in [0.05, 0.1) is 34.8 Å². The van der Waals surface area contributed by atoms with Gasteiger partial charge in [-0.1, -0.05) is 23.7 Å². The zero-order valence-corrected chi connectivity index (χ0v) is 11.3. The number of ether oxygens (including phenoxy) is 1. The molecular formula is C14H14ClNO4. The first-order chi connectivity index (χ1) is 9.58. The minimum absolute atomic E-state index is 0.302. The number of amides is 1. The molecule has 2 heterocycles. The molecule has 1 amide bonds. The molecule has 106 valence electrons. The predicted octanol–water partition coefficient (Wildman–Crippen LogP) is 2.16. The van der Waals surface area contributed by atoms with E-state index in [2.05, 4.69) is 5.32 Å². The average molecular weight is 296 g/mol. The van der Waals surface area contributed by atoms with Gasteiger partial charge in [0, 0.05) is 0 Å². The van der Waals surface area contributed by atoms with E-state index in [0.717, 1.165) is 6.42 Å². The fourth-order valence-corrected chi connectivity index (χ4v) is 3.29. The van der Waals surface area contributed by atoms with Gasteiger partial charge in [0.1, 0.15) is 0 Å². The number of para-hydroxylation sites is 1. The molecule has 1 aromatic rings. The molecule has 0 aliphatic carbocycles. The number of carboxylic acid groups (broad SMARTS) is 1. The van der Waals surface area contributed by atoms with E-state index in [0.29, 0.717) is 17.1 Å². The number of aliphatic carboxylic acids is 1. The van der Waals surface area contributed by atoms with Crippen LogP contribution in [0.5, 0.6) is 0 Å². The van der Waals surface area contributed by atoms with Crippen LogP contribution < -0.4 is 5.32 Å². The number of nitrogens with one attached hydrogen (secondary N) is 1. The van der Waals surface area contributed by atoms with Crippen molar-refractivity contribution in [2.75, 3.05) is 5.32 Å². The molecule has 2 saturated heterocycles. The van der Waals surface area contributed by atoms with Crippen LogP contribution >= 0.6 is 11.6 Å². The Bertz CT molecular complexity index is 562. The second-order valence-electron chi connectivity index (χ2n) is 5.15. The third-order valence-corrected chi connectivity index (χ3v) is 4.32. The zero-order chi connectivity index (χ0) is 14.3. The average Bonchev–Trinajstić information content (AvgIpc) is 3.01. The number of carboxylic acids is 1. The van der Waals surface area contributed by atoms with E-state index in [9.17, 15) is 14.7 Å². The van der Waals surface area contributed by atoms with E-state index < -0.39 is 17.8 Å². The molecule has 0 unspecified atom stereocenters. The summed E-state index contributed by atoms with van der Waals surface area (Å²) in [6, 6.07) is 6.87. The highest BCUT2D eigenvalue weighted by atomic mass is 35.5. The fraction of sp³-hybridized carbons (Fsp3) is 0.429. The number of hydrogen-bond donors (Lipinski definition) is 2. The van der Waals surface area contributed by atoms with E-state index in [4.69, 9.17) is 16.3 Å². The van der Waals surface area contributed by atoms with Gasteiger partial charge in [-0.3, -0.25) is 9.59 Å². The molecule has 2 aliphatic heterocycles. The first kappa shape index (κ1) is 13.4. The number of carbonyl (C=O) groups is 2. The van der Waals surface area contributed by atoms with Crippen molar-refractivity contribution in [3.63, 3.8) is 0 Å². The quantitative estimate of drug-likeness (QED) is 0.896. The molecule has 2 N–H and O–H groups in total. The summed E-state index contributed by atoms with van der Waals surface area (Å²) in [6.45, 7) is 0. The van der Waals surface area contributed by atoms with Crippen LogP contribution in [-0.2, 0) is 14.3 Å². The highest BCUT2D eigenvalue weighted by molar-refractivity contribution is 6.33. The van der Waals surface area contributed by atoms with Gasteiger partial charge in [0.25, 0.3) is 0 Å². The summed E-state index contributed by atoms with van der Waals surface area (Å²) in [6.07, 6.45) is 0.787. The van der Waals surface area contributed by atoms with Gasteiger partial charge >= 0.3 is 5.97 Å². The molecule has 6 heteroatoms. The Kier molecular flexibility index (Phi) is 3.40. The van der Waals surface area contributed by atoms with Crippen LogP contribution in [0.25, 0.3) is 0 Å². The highest BCUT2D eigenvalue weighted by Crippen LogP contribution is 2.44. The Hall–Kier alpha value is -1.59. The maximum atomic E-state index is 12.4. The molecule has 0 radical (unpaired) electrons. The third-order valence-electron chi connectivity index (χ3n) is 3.99. The van der Waals surface area contributed by atoms with Crippen molar-refractivity contribution in [1.82, 2.24) is 0 Å². The van der Waals surface area contributed by atoms with Crippen molar-refractivity contribution in [3.8, 4) is 0 Å². The normalized spacial score (nSPS) is 31.2. The number of rotatable bonds is 3. The van der Waals surface area contributed by atoms with Crippen molar-refractivity contribution in [2.45, 2.75) is 25.0 Å². The Balaban J connectivity index is 1.80. The SMILES string of the molecule is O=C(O)[C@@H]1[C@H](C(=O)Nc2ccccc2Cl)[C@H]2CC[C@@H]1O2. The monoisotopic (exact) mass is 295 g/mol. The first-order valence-electron chi connectivity index (χ1n) is 6.51. The summed E-state index contributed by atoms with van der Waals surface area (Å²) >= 11 is 5.99. The standard InChI is InChI=1S/C14H14ClNO4/c15-7-3-1-2-4-8(7)16-13(17)11-9-5-6-10(20-9)12(11)14(18)19/h1-4,9-12H,5-6H2,(H,16,17)(H,18,19)/t9-,10+,11-,12+/m1/s1. The molecule has 2 bridgehead atoms. The van der Waals surface area contributed by atoms with Crippen molar-refractivity contribution < 1.29 is 19.4 Å². The summed E-state index contributed by atoms with van der Waals surface area (Å²) < 4.78 is 5.57. The van der Waals surface area contributed by atoms with Gasteiger partial charge in [-0.25, -0.2) is 0 Å². The predicted molar refractivity (Wildman–Crippen MR) is 72.6 cm³/mol. The molecule has 2 aliphatic rings. The summed E-state index contributed by atoms with van der Waals surface area (Å²) in [5, 5.41) is 12.4. The van der Waals surface area contributed by atoms with Crippen LogP contribution in [0.2, 0.25) is 5.02 Å². The lowest BCUT2D eigenvalue weighted by Crippen LogP contribution is -2.40. The molecule has 0 saturated carbocycles. The second kappa shape index (κ2) is 5.07. The number of halogens is 1. The van der Waals surface area contributed by atoms with Gasteiger partial charge in [-0.15, -0.1) is 0 Å². The van der Waals surface area contributed by atoms with E-state index in [-0.39, 0.29) is 18.1 Å². The topological polar surface area (TPSA) is 75.6 Å². The lowest BCUT2D eigenvalue weighted by atomic mass is 9.78. The Morgan fingerprint density at radius 1 is 1.20 bits per heavy atom. The summed E-state index contributed by atoms with van der Waals surface area (Å²) in [5.74, 6) is -2.73. The minimum Gasteiger partial charge on any atom is -0.481 e. The number of benzene rings is 1. The molecule has 5 nitrogen and oxygen atoms in total. The van der Waals surface area contributed by atoms with E-state index >= 15 is 0 Å². The lowest BCUT2D eigenvalue weighted by Gasteiger charge is -2.24. The van der Waals surface area contributed by atoms with Crippen molar-refractivity contribution >= 4 is 29.2 Å². The minimum atomic E-state index is -0.975. The number of fused-ring (bicyclic) bond motifs is 2. The van der Waals surface area contributed by atoms with E-state index in [1.807, 2.05) is 0 Å². The van der Waals surface area contributed by atoms with Gasteiger partial charge in [0.15, 0.2) is 0 Å². The van der Waals surface area contributed by atoms with E-state index in [1.165, 1.54) is 0 Å². The highest BCUT2D eigenvalue weighted by Gasteiger charge is 2.55. The Morgan fingerprint density at radius 2 is 1.85 bits per heavy atom. The lowest BCUT2D eigenvalue weighted by molar-refractivity contribution is -0.147. The molecule has 3 rings (SSSR count). The molecule has 2 fully saturated rings. The third kappa shape index (κ3) is 2.17. The van der Waals surface area contributed by atoms with Gasteiger partial charge < -0.3 is 15.2 Å². The maximum Gasteiger partial charge on any atom is 0.310 e. The van der Waals surface area contributed by atoms with Crippen LogP contribution in [-0.4, -0.2) is 29.2 Å². The van der Waals surface area contributed by atoms with Crippen LogP contribution in [0, 0.1) is 11.8 Å². The number of hydrogen-bond acceptors (Lipinski definition) is 3. The smallest absolute Gasteiger partial charge is 0.310 e. The molecule has 0 aromatic heterocycles. The van der Waals surface area contributed by atoms with Crippen molar-refractivity contribution in [3.05, 3.63) is 29.3 Å². The summed E-state index contributed by atoms with van der Waals surface area (Å²) in [7, 11) is 0. The van der Waals surface area contributed by atoms with Crippen molar-refractivity contribution in [2.24, 2.45) is 11.8 Å². The number of carbonyl (C=O) groups excluding carboxylic acids is 1. The maximum absolute atomic E-state index is 12.4. The van der Waals surface area contributed by atoms with Crippen LogP contribution in [0.15, 0.2) is 24.3 Å². The largest absolute Gasteiger partial charge is 0.481 e. The zero-order valence-electron chi connectivity index (χ0n) is 10.6. The van der Waals surface area contributed by atoms with E-state index in [1.54, 1.807) is 24.3 Å². The molecular weight excluding hydrogens is 282 g/mol. The van der Waals surface area contributed by atoms with Gasteiger partial charge in [0.2, 0.25) is 5.91 Å². The molecule has 0 spiro atoms.